The zero-order chi connectivity index (χ0) is 20.3. The molecule has 0 amide bonds. The Kier molecular flexibility index (Phi) is 5.29. The lowest BCUT2D eigenvalue weighted by atomic mass is 10.2. The van der Waals surface area contributed by atoms with Gasteiger partial charge in [-0.05, 0) is 37.1 Å². The zero-order valence-corrected chi connectivity index (χ0v) is 16.9. The fourth-order valence-electron chi connectivity index (χ4n) is 3.43. The standard InChI is InChI=1S/C21H19N5O3S/c27-20-16-9-4-10-22-18(16)23-21(26(20)12-15-8-5-11-28-15)30-13-17-24-25-19(29-17)14-6-2-1-3-7-14/h1-4,6-7,9-10,15H,5,8,11-13H2. The lowest BCUT2D eigenvalue weighted by molar-refractivity contribution is 0.0937. The van der Waals surface area contributed by atoms with Crippen molar-refractivity contribution >= 4 is 22.8 Å². The first-order chi connectivity index (χ1) is 14.8. The van der Waals surface area contributed by atoms with Crippen LogP contribution in [0.2, 0.25) is 0 Å². The lowest BCUT2D eigenvalue weighted by Crippen LogP contribution is -2.29. The summed E-state index contributed by atoms with van der Waals surface area (Å²) >= 11 is 1.38. The van der Waals surface area contributed by atoms with E-state index in [2.05, 4.69) is 20.2 Å². The summed E-state index contributed by atoms with van der Waals surface area (Å²) in [7, 11) is 0. The van der Waals surface area contributed by atoms with Crippen LogP contribution in [-0.4, -0.2) is 37.4 Å². The van der Waals surface area contributed by atoms with E-state index in [4.69, 9.17) is 9.15 Å². The number of hydrogen-bond donors (Lipinski definition) is 0. The topological polar surface area (TPSA) is 95.9 Å². The predicted octanol–water partition coefficient (Wildman–Crippen LogP) is 3.31. The van der Waals surface area contributed by atoms with Crippen LogP contribution in [0, 0.1) is 0 Å². The fourth-order valence-corrected chi connectivity index (χ4v) is 4.27. The summed E-state index contributed by atoms with van der Waals surface area (Å²) in [5.41, 5.74) is 1.19. The molecule has 30 heavy (non-hydrogen) atoms. The minimum absolute atomic E-state index is 0.0195. The molecule has 0 saturated carbocycles. The molecule has 152 valence electrons. The van der Waals surface area contributed by atoms with Gasteiger partial charge in [-0.2, -0.15) is 0 Å². The van der Waals surface area contributed by atoms with E-state index < -0.39 is 0 Å². The van der Waals surface area contributed by atoms with Gasteiger partial charge >= 0.3 is 0 Å². The van der Waals surface area contributed by atoms with Crippen LogP contribution in [0.4, 0.5) is 0 Å². The molecule has 1 unspecified atom stereocenters. The molecule has 0 aliphatic carbocycles. The van der Waals surface area contributed by atoms with E-state index in [-0.39, 0.29) is 11.7 Å². The van der Waals surface area contributed by atoms with Crippen LogP contribution in [0.1, 0.15) is 18.7 Å². The van der Waals surface area contributed by atoms with Crippen LogP contribution in [0.5, 0.6) is 0 Å². The zero-order valence-electron chi connectivity index (χ0n) is 16.1. The van der Waals surface area contributed by atoms with Crippen molar-refractivity contribution in [3.05, 3.63) is 64.9 Å². The van der Waals surface area contributed by atoms with Gasteiger partial charge in [0.2, 0.25) is 11.8 Å². The van der Waals surface area contributed by atoms with Crippen molar-refractivity contribution in [2.24, 2.45) is 0 Å². The third-order valence-electron chi connectivity index (χ3n) is 4.92. The average Bonchev–Trinajstić information content (AvgIpc) is 3.47. The molecular weight excluding hydrogens is 402 g/mol. The average molecular weight is 421 g/mol. The summed E-state index contributed by atoms with van der Waals surface area (Å²) in [5, 5.41) is 9.33. The number of ether oxygens (including phenoxy) is 1. The highest BCUT2D eigenvalue weighted by molar-refractivity contribution is 7.98. The van der Waals surface area contributed by atoms with E-state index in [0.29, 0.717) is 40.3 Å². The number of aromatic nitrogens is 5. The number of benzene rings is 1. The minimum atomic E-state index is -0.110. The van der Waals surface area contributed by atoms with Gasteiger partial charge in [0.25, 0.3) is 5.56 Å². The van der Waals surface area contributed by atoms with Crippen LogP contribution in [0.15, 0.2) is 63.0 Å². The fraction of sp³-hybridized carbons (Fsp3) is 0.286. The molecule has 4 aromatic rings. The molecule has 3 aromatic heterocycles. The van der Waals surface area contributed by atoms with Crippen molar-refractivity contribution in [3.63, 3.8) is 0 Å². The Morgan fingerprint density at radius 2 is 2.03 bits per heavy atom. The number of rotatable bonds is 6. The SMILES string of the molecule is O=c1c2cccnc2nc(SCc2nnc(-c3ccccc3)o2)n1CC1CCCO1. The van der Waals surface area contributed by atoms with E-state index in [0.717, 1.165) is 25.0 Å². The molecular formula is C21H19N5O3S. The van der Waals surface area contributed by atoms with Crippen molar-refractivity contribution in [2.45, 2.75) is 36.4 Å². The normalized spacial score (nSPS) is 16.3. The molecule has 1 fully saturated rings. The van der Waals surface area contributed by atoms with Crippen molar-refractivity contribution in [2.75, 3.05) is 6.61 Å². The Bertz CT molecular complexity index is 1220. The summed E-state index contributed by atoms with van der Waals surface area (Å²) < 4.78 is 13.2. The van der Waals surface area contributed by atoms with Gasteiger partial charge in [0.15, 0.2) is 10.8 Å². The number of thioether (sulfide) groups is 1. The summed E-state index contributed by atoms with van der Waals surface area (Å²) in [6.07, 6.45) is 3.60. The van der Waals surface area contributed by atoms with Crippen LogP contribution < -0.4 is 5.56 Å². The van der Waals surface area contributed by atoms with E-state index >= 15 is 0 Å². The second kappa shape index (κ2) is 8.37. The number of hydrogen-bond acceptors (Lipinski definition) is 8. The van der Waals surface area contributed by atoms with Crippen molar-refractivity contribution < 1.29 is 9.15 Å². The van der Waals surface area contributed by atoms with Gasteiger partial charge in [0, 0.05) is 18.4 Å². The Balaban J connectivity index is 1.43. The molecule has 5 rings (SSSR count). The number of fused-ring (bicyclic) bond motifs is 1. The van der Waals surface area contributed by atoms with Gasteiger partial charge in [-0.15, -0.1) is 10.2 Å². The third-order valence-corrected chi connectivity index (χ3v) is 5.88. The Morgan fingerprint density at radius 3 is 2.87 bits per heavy atom. The Labute approximate surface area is 176 Å². The van der Waals surface area contributed by atoms with Gasteiger partial charge < -0.3 is 9.15 Å². The van der Waals surface area contributed by atoms with Crippen LogP contribution >= 0.6 is 11.8 Å². The monoisotopic (exact) mass is 421 g/mol. The second-order valence-electron chi connectivity index (χ2n) is 6.98. The van der Waals surface area contributed by atoms with Gasteiger partial charge in [-0.1, -0.05) is 30.0 Å². The molecule has 1 aliphatic heterocycles. The highest BCUT2D eigenvalue weighted by Gasteiger charge is 2.21. The van der Waals surface area contributed by atoms with E-state index in [1.807, 2.05) is 30.3 Å². The predicted molar refractivity (Wildman–Crippen MR) is 112 cm³/mol. The summed E-state index contributed by atoms with van der Waals surface area (Å²) in [6.45, 7) is 1.20. The molecule has 1 aliphatic rings. The van der Waals surface area contributed by atoms with Crippen molar-refractivity contribution in [3.8, 4) is 11.5 Å². The first-order valence-corrected chi connectivity index (χ1v) is 10.7. The molecule has 8 nitrogen and oxygen atoms in total. The summed E-state index contributed by atoms with van der Waals surface area (Å²) in [6, 6.07) is 13.1. The summed E-state index contributed by atoms with van der Waals surface area (Å²) in [4.78, 5) is 22.0. The quantitative estimate of drug-likeness (QED) is 0.346. The molecule has 1 atom stereocenters. The maximum Gasteiger partial charge on any atom is 0.263 e. The van der Waals surface area contributed by atoms with Gasteiger partial charge in [-0.3, -0.25) is 9.36 Å². The maximum atomic E-state index is 13.1. The van der Waals surface area contributed by atoms with Gasteiger partial charge in [-0.25, -0.2) is 9.97 Å². The largest absolute Gasteiger partial charge is 0.420 e. The maximum absolute atomic E-state index is 13.1. The third kappa shape index (κ3) is 3.86. The Morgan fingerprint density at radius 1 is 1.13 bits per heavy atom. The first kappa shape index (κ1) is 19.0. The van der Waals surface area contributed by atoms with Crippen molar-refractivity contribution in [1.29, 1.82) is 0 Å². The molecule has 0 spiro atoms. The molecule has 0 radical (unpaired) electrons. The number of nitrogens with zero attached hydrogens (tertiary/aromatic N) is 5. The molecule has 0 N–H and O–H groups in total. The summed E-state index contributed by atoms with van der Waals surface area (Å²) in [5.74, 6) is 1.34. The van der Waals surface area contributed by atoms with E-state index in [9.17, 15) is 4.79 Å². The minimum Gasteiger partial charge on any atom is -0.420 e. The van der Waals surface area contributed by atoms with Gasteiger partial charge in [0.05, 0.1) is 23.8 Å². The molecule has 9 heteroatoms. The van der Waals surface area contributed by atoms with Crippen LogP contribution in [0.3, 0.4) is 0 Å². The smallest absolute Gasteiger partial charge is 0.263 e. The molecule has 1 saturated heterocycles. The Hall–Kier alpha value is -3.04. The van der Waals surface area contributed by atoms with Gasteiger partial charge in [0.1, 0.15) is 0 Å². The van der Waals surface area contributed by atoms with Crippen molar-refractivity contribution in [1.82, 2.24) is 24.7 Å². The lowest BCUT2D eigenvalue weighted by Gasteiger charge is -2.15. The molecule has 1 aromatic carbocycles. The van der Waals surface area contributed by atoms with E-state index in [1.54, 1.807) is 22.9 Å². The van der Waals surface area contributed by atoms with E-state index in [1.165, 1.54) is 11.8 Å². The van der Waals surface area contributed by atoms with Crippen LogP contribution in [0.25, 0.3) is 22.5 Å². The molecule has 4 heterocycles. The number of pyridine rings is 1. The first-order valence-electron chi connectivity index (χ1n) is 9.76. The highest BCUT2D eigenvalue weighted by Crippen LogP contribution is 2.25. The van der Waals surface area contributed by atoms with Crippen LogP contribution in [-0.2, 0) is 17.0 Å². The highest BCUT2D eigenvalue weighted by atomic mass is 32.2. The second-order valence-corrected chi connectivity index (χ2v) is 7.92. The molecule has 0 bridgehead atoms.